The summed E-state index contributed by atoms with van der Waals surface area (Å²) in [5, 5.41) is 3.43. The number of aryl methyl sites for hydroxylation is 1. The Balaban J connectivity index is 2.81. The van der Waals surface area contributed by atoms with Crippen molar-refractivity contribution in [1.82, 2.24) is 9.97 Å². The SMILES string of the molecule is CCCC(CC)Nc1cc(NN)nc(CC)n1. The van der Waals surface area contributed by atoms with Gasteiger partial charge in [-0.3, -0.25) is 0 Å². The average Bonchev–Trinajstić information content (AvgIpc) is 2.37. The van der Waals surface area contributed by atoms with Crippen molar-refractivity contribution in [2.45, 2.75) is 52.5 Å². The van der Waals surface area contributed by atoms with Crippen LogP contribution in [0.25, 0.3) is 0 Å². The molecule has 1 aromatic rings. The number of hydrogen-bond donors (Lipinski definition) is 3. The zero-order valence-electron chi connectivity index (χ0n) is 11.0. The molecule has 17 heavy (non-hydrogen) atoms. The van der Waals surface area contributed by atoms with E-state index in [0.717, 1.165) is 30.9 Å². The molecule has 1 heterocycles. The highest BCUT2D eigenvalue weighted by Crippen LogP contribution is 2.14. The number of nitrogen functional groups attached to an aromatic ring is 1. The molecule has 1 atom stereocenters. The summed E-state index contributed by atoms with van der Waals surface area (Å²) in [4.78, 5) is 8.71. The van der Waals surface area contributed by atoms with Crippen LogP contribution >= 0.6 is 0 Å². The van der Waals surface area contributed by atoms with Crippen LogP contribution in [-0.4, -0.2) is 16.0 Å². The summed E-state index contributed by atoms with van der Waals surface area (Å²) in [5.74, 6) is 7.71. The van der Waals surface area contributed by atoms with Crippen LogP contribution in [0.1, 0.15) is 45.9 Å². The van der Waals surface area contributed by atoms with Gasteiger partial charge in [0.15, 0.2) is 0 Å². The van der Waals surface area contributed by atoms with Gasteiger partial charge in [0.2, 0.25) is 0 Å². The second kappa shape index (κ2) is 7.06. The molecule has 1 unspecified atom stereocenters. The molecule has 0 bridgehead atoms. The molecule has 0 spiro atoms. The van der Waals surface area contributed by atoms with Crippen molar-refractivity contribution in [3.8, 4) is 0 Å². The van der Waals surface area contributed by atoms with Gasteiger partial charge in [-0.25, -0.2) is 15.8 Å². The van der Waals surface area contributed by atoms with E-state index >= 15 is 0 Å². The van der Waals surface area contributed by atoms with Crippen molar-refractivity contribution in [3.63, 3.8) is 0 Å². The lowest BCUT2D eigenvalue weighted by Crippen LogP contribution is -2.20. The minimum atomic E-state index is 0.463. The highest BCUT2D eigenvalue weighted by molar-refractivity contribution is 5.47. The smallest absolute Gasteiger partial charge is 0.145 e. The Labute approximate surface area is 103 Å². The number of nitrogens with one attached hydrogen (secondary N) is 2. The van der Waals surface area contributed by atoms with E-state index < -0.39 is 0 Å². The van der Waals surface area contributed by atoms with Gasteiger partial charge in [-0.05, 0) is 12.8 Å². The summed E-state index contributed by atoms with van der Waals surface area (Å²) >= 11 is 0. The molecule has 0 fully saturated rings. The zero-order valence-corrected chi connectivity index (χ0v) is 11.0. The lowest BCUT2D eigenvalue weighted by atomic mass is 10.1. The quantitative estimate of drug-likeness (QED) is 0.501. The van der Waals surface area contributed by atoms with Crippen molar-refractivity contribution >= 4 is 11.6 Å². The fourth-order valence-electron chi connectivity index (χ4n) is 1.74. The summed E-state index contributed by atoms with van der Waals surface area (Å²) in [5.41, 5.74) is 2.57. The van der Waals surface area contributed by atoms with Gasteiger partial charge in [0.25, 0.3) is 0 Å². The Morgan fingerprint density at radius 3 is 2.47 bits per heavy atom. The van der Waals surface area contributed by atoms with Crippen molar-refractivity contribution < 1.29 is 0 Å². The molecular weight excluding hydrogens is 214 g/mol. The number of nitrogens with zero attached hydrogens (tertiary/aromatic N) is 2. The predicted molar refractivity (Wildman–Crippen MR) is 71.8 cm³/mol. The standard InChI is InChI=1S/C12H23N5/c1-4-7-9(5-2)14-11-8-12(17-13)16-10(6-3)15-11/h8-9H,4-7,13H2,1-3H3,(H2,14,15,16,17). The third kappa shape index (κ3) is 4.19. The molecule has 0 radical (unpaired) electrons. The second-order valence-corrected chi connectivity index (χ2v) is 4.09. The maximum Gasteiger partial charge on any atom is 0.145 e. The molecule has 0 aliphatic heterocycles. The minimum absolute atomic E-state index is 0.463. The molecule has 5 nitrogen and oxygen atoms in total. The van der Waals surface area contributed by atoms with Crippen LogP contribution < -0.4 is 16.6 Å². The van der Waals surface area contributed by atoms with Gasteiger partial charge >= 0.3 is 0 Å². The van der Waals surface area contributed by atoms with Gasteiger partial charge < -0.3 is 10.7 Å². The van der Waals surface area contributed by atoms with E-state index in [9.17, 15) is 0 Å². The maximum atomic E-state index is 5.40. The van der Waals surface area contributed by atoms with Crippen LogP contribution in [0.5, 0.6) is 0 Å². The van der Waals surface area contributed by atoms with Crippen LogP contribution in [0.3, 0.4) is 0 Å². The van der Waals surface area contributed by atoms with E-state index in [4.69, 9.17) is 5.84 Å². The fourth-order valence-corrected chi connectivity index (χ4v) is 1.74. The van der Waals surface area contributed by atoms with E-state index in [2.05, 4.69) is 34.6 Å². The van der Waals surface area contributed by atoms with Crippen molar-refractivity contribution in [1.29, 1.82) is 0 Å². The molecule has 0 saturated carbocycles. The second-order valence-electron chi connectivity index (χ2n) is 4.09. The Morgan fingerprint density at radius 1 is 1.24 bits per heavy atom. The van der Waals surface area contributed by atoms with Crippen LogP contribution in [0.2, 0.25) is 0 Å². The van der Waals surface area contributed by atoms with Crippen LogP contribution in [0.15, 0.2) is 6.07 Å². The molecule has 0 saturated heterocycles. The van der Waals surface area contributed by atoms with E-state index in [-0.39, 0.29) is 0 Å². The first kappa shape index (κ1) is 13.7. The fraction of sp³-hybridized carbons (Fsp3) is 0.667. The molecule has 0 amide bonds. The first-order valence-corrected chi connectivity index (χ1v) is 6.34. The molecule has 0 aliphatic rings. The van der Waals surface area contributed by atoms with E-state index in [1.807, 2.05) is 13.0 Å². The van der Waals surface area contributed by atoms with Crippen LogP contribution in [0, 0.1) is 0 Å². The number of hydrazine groups is 1. The molecule has 5 heteroatoms. The van der Waals surface area contributed by atoms with Gasteiger partial charge in [0.1, 0.15) is 17.5 Å². The van der Waals surface area contributed by atoms with Gasteiger partial charge in [0, 0.05) is 18.5 Å². The van der Waals surface area contributed by atoms with Gasteiger partial charge in [0.05, 0.1) is 0 Å². The van der Waals surface area contributed by atoms with Crippen molar-refractivity contribution in [3.05, 3.63) is 11.9 Å². The lowest BCUT2D eigenvalue weighted by molar-refractivity contribution is 0.619. The van der Waals surface area contributed by atoms with Gasteiger partial charge in [-0.1, -0.05) is 27.2 Å². The summed E-state index contributed by atoms with van der Waals surface area (Å²) in [6.07, 6.45) is 4.20. The number of hydrogen-bond acceptors (Lipinski definition) is 5. The molecule has 1 aromatic heterocycles. The summed E-state index contributed by atoms with van der Waals surface area (Å²) in [7, 11) is 0. The molecule has 0 aliphatic carbocycles. The number of nitrogens with two attached hydrogens (primary N) is 1. The summed E-state index contributed by atoms with van der Waals surface area (Å²) in [6.45, 7) is 6.40. The number of anilines is 2. The third-order valence-electron chi connectivity index (χ3n) is 2.72. The van der Waals surface area contributed by atoms with Crippen LogP contribution in [0.4, 0.5) is 11.6 Å². The minimum Gasteiger partial charge on any atom is -0.367 e. The Hall–Kier alpha value is -1.36. The molecule has 96 valence electrons. The Morgan fingerprint density at radius 2 is 1.94 bits per heavy atom. The largest absolute Gasteiger partial charge is 0.367 e. The topological polar surface area (TPSA) is 75.9 Å². The lowest BCUT2D eigenvalue weighted by Gasteiger charge is -2.17. The summed E-state index contributed by atoms with van der Waals surface area (Å²) < 4.78 is 0. The Bertz CT molecular complexity index is 317. The molecular formula is C12H23N5. The van der Waals surface area contributed by atoms with E-state index in [1.54, 1.807) is 0 Å². The van der Waals surface area contributed by atoms with E-state index in [1.165, 1.54) is 6.42 Å². The number of aromatic nitrogens is 2. The van der Waals surface area contributed by atoms with Crippen molar-refractivity contribution in [2.75, 3.05) is 10.7 Å². The van der Waals surface area contributed by atoms with E-state index in [0.29, 0.717) is 11.9 Å². The monoisotopic (exact) mass is 237 g/mol. The van der Waals surface area contributed by atoms with Crippen molar-refractivity contribution in [2.24, 2.45) is 5.84 Å². The highest BCUT2D eigenvalue weighted by Gasteiger charge is 2.08. The van der Waals surface area contributed by atoms with Gasteiger partial charge in [-0.15, -0.1) is 0 Å². The third-order valence-corrected chi connectivity index (χ3v) is 2.72. The van der Waals surface area contributed by atoms with Crippen LogP contribution in [-0.2, 0) is 6.42 Å². The maximum absolute atomic E-state index is 5.40. The molecule has 4 N–H and O–H groups in total. The van der Waals surface area contributed by atoms with Gasteiger partial charge in [-0.2, -0.15) is 0 Å². The zero-order chi connectivity index (χ0) is 12.7. The average molecular weight is 237 g/mol. The first-order chi connectivity index (χ1) is 8.23. The molecule has 1 rings (SSSR count). The summed E-state index contributed by atoms with van der Waals surface area (Å²) in [6, 6.07) is 2.31. The normalized spacial score (nSPS) is 12.2. The molecule has 0 aromatic carbocycles. The predicted octanol–water partition coefficient (Wildman–Crippen LogP) is 2.32. The highest BCUT2D eigenvalue weighted by atomic mass is 15.3. The Kier molecular flexibility index (Phi) is 5.69. The first-order valence-electron chi connectivity index (χ1n) is 6.34. The number of rotatable bonds is 7.